The van der Waals surface area contributed by atoms with Crippen molar-refractivity contribution in [3.8, 4) is 11.5 Å². The number of amides is 2. The van der Waals surface area contributed by atoms with Crippen molar-refractivity contribution < 1.29 is 40.6 Å². The van der Waals surface area contributed by atoms with Crippen LogP contribution in [0.5, 0.6) is 11.5 Å². The summed E-state index contributed by atoms with van der Waals surface area (Å²) in [4.78, 5) is 11.8. The van der Waals surface area contributed by atoms with E-state index in [1.54, 1.807) is 0 Å². The summed E-state index contributed by atoms with van der Waals surface area (Å²) in [7, 11) is 0. The minimum atomic E-state index is -4.83. The number of nitrogens with one attached hydrogen (secondary N) is 2. The molecule has 0 aromatic heterocycles. The van der Waals surface area contributed by atoms with E-state index in [0.29, 0.717) is 5.56 Å². The standard InChI is InChI=1S/C16H12F6N2O3/c17-15(18,19)26-12-6-4-11(5-7-12)24-14(25)23-9-10-2-1-3-13(8-10)27-16(20,21)22/h1-8H,9H2,(H2,23,24,25). The van der Waals surface area contributed by atoms with Gasteiger partial charge in [-0.25, -0.2) is 4.79 Å². The number of benzene rings is 2. The van der Waals surface area contributed by atoms with E-state index >= 15 is 0 Å². The molecule has 2 aromatic carbocycles. The quantitative estimate of drug-likeness (QED) is 0.716. The van der Waals surface area contributed by atoms with Gasteiger partial charge in [0.2, 0.25) is 0 Å². The summed E-state index contributed by atoms with van der Waals surface area (Å²) in [6.45, 7) is -0.101. The van der Waals surface area contributed by atoms with Crippen LogP contribution in [0.25, 0.3) is 0 Å². The Labute approximate surface area is 148 Å². The number of halogens is 6. The number of hydrogen-bond donors (Lipinski definition) is 2. The van der Waals surface area contributed by atoms with Crippen molar-refractivity contribution in [2.24, 2.45) is 0 Å². The van der Waals surface area contributed by atoms with Crippen molar-refractivity contribution in [1.29, 1.82) is 0 Å². The first-order valence-corrected chi connectivity index (χ1v) is 7.25. The first kappa shape index (κ1) is 20.2. The minimum absolute atomic E-state index is 0.101. The summed E-state index contributed by atoms with van der Waals surface area (Å²) < 4.78 is 80.2. The lowest BCUT2D eigenvalue weighted by atomic mass is 10.2. The lowest BCUT2D eigenvalue weighted by molar-refractivity contribution is -0.275. The first-order chi connectivity index (χ1) is 12.5. The monoisotopic (exact) mass is 394 g/mol. The molecule has 2 rings (SSSR count). The third-order valence-electron chi connectivity index (χ3n) is 2.93. The van der Waals surface area contributed by atoms with Crippen LogP contribution in [0.1, 0.15) is 5.56 Å². The van der Waals surface area contributed by atoms with E-state index in [-0.39, 0.29) is 12.2 Å². The van der Waals surface area contributed by atoms with Crippen molar-refractivity contribution >= 4 is 11.7 Å². The maximum Gasteiger partial charge on any atom is 0.573 e. The van der Waals surface area contributed by atoms with Gasteiger partial charge in [0.1, 0.15) is 11.5 Å². The molecule has 27 heavy (non-hydrogen) atoms. The molecule has 0 fully saturated rings. The van der Waals surface area contributed by atoms with E-state index < -0.39 is 30.3 Å². The fraction of sp³-hybridized carbons (Fsp3) is 0.188. The van der Waals surface area contributed by atoms with E-state index in [1.807, 2.05) is 0 Å². The maximum absolute atomic E-state index is 12.2. The molecule has 0 bridgehead atoms. The summed E-state index contributed by atoms with van der Waals surface area (Å²) in [5.41, 5.74) is 0.539. The van der Waals surface area contributed by atoms with Gasteiger partial charge in [0, 0.05) is 12.2 Å². The second-order valence-corrected chi connectivity index (χ2v) is 5.08. The molecule has 2 aromatic rings. The molecule has 0 saturated heterocycles. The van der Waals surface area contributed by atoms with Gasteiger partial charge in [-0.2, -0.15) is 0 Å². The van der Waals surface area contributed by atoms with Gasteiger partial charge in [0.15, 0.2) is 0 Å². The molecule has 2 amide bonds. The predicted octanol–water partition coefficient (Wildman–Crippen LogP) is 4.81. The van der Waals surface area contributed by atoms with Crippen molar-refractivity contribution in [3.05, 3.63) is 54.1 Å². The normalized spacial score (nSPS) is 11.6. The largest absolute Gasteiger partial charge is 0.573 e. The highest BCUT2D eigenvalue weighted by Gasteiger charge is 2.31. The molecule has 0 spiro atoms. The van der Waals surface area contributed by atoms with Crippen LogP contribution in [0, 0.1) is 0 Å². The summed E-state index contributed by atoms with van der Waals surface area (Å²) in [5, 5.41) is 4.75. The highest BCUT2D eigenvalue weighted by molar-refractivity contribution is 5.89. The molecule has 5 nitrogen and oxygen atoms in total. The highest BCUT2D eigenvalue weighted by atomic mass is 19.4. The second kappa shape index (κ2) is 8.06. The average molecular weight is 394 g/mol. The Bertz CT molecular complexity index is 775. The third kappa shape index (κ3) is 7.75. The Hall–Kier alpha value is -3.11. The number of urea groups is 1. The van der Waals surface area contributed by atoms with Crippen LogP contribution in [-0.2, 0) is 6.54 Å². The number of ether oxygens (including phenoxy) is 2. The van der Waals surface area contributed by atoms with Crippen molar-refractivity contribution in [2.75, 3.05) is 5.32 Å². The second-order valence-electron chi connectivity index (χ2n) is 5.08. The van der Waals surface area contributed by atoms with Crippen LogP contribution in [-0.4, -0.2) is 18.8 Å². The predicted molar refractivity (Wildman–Crippen MR) is 82.1 cm³/mol. The smallest absolute Gasteiger partial charge is 0.406 e. The minimum Gasteiger partial charge on any atom is -0.406 e. The van der Waals surface area contributed by atoms with Gasteiger partial charge in [0.05, 0.1) is 0 Å². The Balaban J connectivity index is 1.87. The Morgan fingerprint density at radius 3 is 2.04 bits per heavy atom. The zero-order chi connectivity index (χ0) is 20.1. The van der Waals surface area contributed by atoms with Gasteiger partial charge in [-0.3, -0.25) is 0 Å². The molecule has 0 atom stereocenters. The third-order valence-corrected chi connectivity index (χ3v) is 2.93. The Kier molecular flexibility index (Phi) is 6.03. The summed E-state index contributed by atoms with van der Waals surface area (Å²) in [5.74, 6) is -0.877. The zero-order valence-corrected chi connectivity index (χ0v) is 13.3. The molecule has 0 unspecified atom stereocenters. The molecule has 0 aliphatic heterocycles. The first-order valence-electron chi connectivity index (χ1n) is 7.25. The number of anilines is 1. The van der Waals surface area contributed by atoms with Gasteiger partial charge < -0.3 is 20.1 Å². The van der Waals surface area contributed by atoms with Crippen LogP contribution in [0.4, 0.5) is 36.8 Å². The highest BCUT2D eigenvalue weighted by Crippen LogP contribution is 2.24. The molecule has 0 saturated carbocycles. The van der Waals surface area contributed by atoms with Crippen molar-refractivity contribution in [2.45, 2.75) is 19.3 Å². The molecule has 0 heterocycles. The molecule has 146 valence electrons. The average Bonchev–Trinajstić information content (AvgIpc) is 2.52. The van der Waals surface area contributed by atoms with Crippen LogP contribution < -0.4 is 20.1 Å². The Morgan fingerprint density at radius 2 is 1.44 bits per heavy atom. The van der Waals surface area contributed by atoms with E-state index in [2.05, 4.69) is 20.1 Å². The summed E-state index contributed by atoms with van der Waals surface area (Å²) in [6.07, 6.45) is -9.65. The van der Waals surface area contributed by atoms with Gasteiger partial charge in [-0.1, -0.05) is 12.1 Å². The summed E-state index contributed by atoms with van der Waals surface area (Å²) >= 11 is 0. The number of carbonyl (C=O) groups is 1. The van der Waals surface area contributed by atoms with E-state index in [0.717, 1.165) is 24.3 Å². The van der Waals surface area contributed by atoms with Gasteiger partial charge in [-0.05, 0) is 42.0 Å². The van der Waals surface area contributed by atoms with Gasteiger partial charge in [-0.15, -0.1) is 26.3 Å². The fourth-order valence-corrected chi connectivity index (χ4v) is 1.95. The molecule has 0 radical (unpaired) electrons. The Morgan fingerprint density at radius 1 is 0.852 bits per heavy atom. The molecule has 0 aliphatic carbocycles. The van der Waals surface area contributed by atoms with Crippen molar-refractivity contribution in [3.63, 3.8) is 0 Å². The lowest BCUT2D eigenvalue weighted by Crippen LogP contribution is -2.28. The fourth-order valence-electron chi connectivity index (χ4n) is 1.95. The number of alkyl halides is 6. The molecule has 0 aliphatic rings. The molecular weight excluding hydrogens is 382 g/mol. The zero-order valence-electron chi connectivity index (χ0n) is 13.3. The molecule has 2 N–H and O–H groups in total. The van der Waals surface area contributed by atoms with Gasteiger partial charge >= 0.3 is 18.8 Å². The van der Waals surface area contributed by atoms with E-state index in [4.69, 9.17) is 0 Å². The van der Waals surface area contributed by atoms with E-state index in [1.165, 1.54) is 24.3 Å². The maximum atomic E-state index is 12.2. The van der Waals surface area contributed by atoms with Crippen LogP contribution in [0.15, 0.2) is 48.5 Å². The topological polar surface area (TPSA) is 59.6 Å². The lowest BCUT2D eigenvalue weighted by Gasteiger charge is -2.12. The molecular formula is C16H12F6N2O3. The van der Waals surface area contributed by atoms with Gasteiger partial charge in [0.25, 0.3) is 0 Å². The number of rotatable bonds is 5. The number of carbonyl (C=O) groups excluding carboxylic acids is 1. The van der Waals surface area contributed by atoms with E-state index in [9.17, 15) is 31.1 Å². The molecule has 11 heteroatoms. The SMILES string of the molecule is O=C(NCc1cccc(OC(F)(F)F)c1)Nc1ccc(OC(F)(F)F)cc1. The van der Waals surface area contributed by atoms with Crippen LogP contribution in [0.3, 0.4) is 0 Å². The van der Waals surface area contributed by atoms with Crippen molar-refractivity contribution in [1.82, 2.24) is 5.32 Å². The summed E-state index contributed by atoms with van der Waals surface area (Å²) in [6, 6.07) is 8.74. The number of hydrogen-bond acceptors (Lipinski definition) is 3. The van der Waals surface area contributed by atoms with Crippen LogP contribution >= 0.6 is 0 Å². The van der Waals surface area contributed by atoms with Crippen LogP contribution in [0.2, 0.25) is 0 Å².